The van der Waals surface area contributed by atoms with Crippen LogP contribution in [0.5, 0.6) is 0 Å². The molecule has 1 aromatic rings. The van der Waals surface area contributed by atoms with E-state index in [-0.39, 0.29) is 11.9 Å². The fraction of sp³-hybridized carbons (Fsp3) is 0.538. The largest absolute Gasteiger partial charge is 0.469 e. The van der Waals surface area contributed by atoms with Gasteiger partial charge in [0.15, 0.2) is 0 Å². The predicted octanol–water partition coefficient (Wildman–Crippen LogP) is 2.23. The van der Waals surface area contributed by atoms with Crippen molar-refractivity contribution in [3.05, 3.63) is 24.5 Å². The predicted molar refractivity (Wildman–Crippen MR) is 65.6 cm³/mol. The summed E-state index contributed by atoms with van der Waals surface area (Å²) in [6.45, 7) is 0. The van der Waals surface area contributed by atoms with Gasteiger partial charge in [-0.2, -0.15) is 0 Å². The van der Waals surface area contributed by atoms with E-state index in [1.165, 1.54) is 7.11 Å². The number of aromatic nitrogens is 1. The Morgan fingerprint density at radius 1 is 1.41 bits per heavy atom. The lowest BCUT2D eigenvalue weighted by atomic mass is 9.86. The van der Waals surface area contributed by atoms with E-state index in [9.17, 15) is 4.79 Å². The van der Waals surface area contributed by atoms with Gasteiger partial charge in [0.05, 0.1) is 18.7 Å². The molecule has 1 fully saturated rings. The van der Waals surface area contributed by atoms with Gasteiger partial charge in [-0.15, -0.1) is 0 Å². The van der Waals surface area contributed by atoms with E-state index in [0.717, 1.165) is 31.4 Å². The van der Waals surface area contributed by atoms with Crippen LogP contribution < -0.4 is 5.32 Å². The van der Waals surface area contributed by atoms with Crippen molar-refractivity contribution in [2.45, 2.75) is 31.7 Å². The summed E-state index contributed by atoms with van der Waals surface area (Å²) in [5, 5.41) is 3.44. The smallest absolute Gasteiger partial charge is 0.308 e. The number of pyridine rings is 1. The minimum atomic E-state index is -0.0650. The second kappa shape index (κ2) is 5.66. The number of anilines is 1. The number of hydrogen-bond donors (Lipinski definition) is 1. The highest BCUT2D eigenvalue weighted by Gasteiger charge is 2.26. The van der Waals surface area contributed by atoms with Gasteiger partial charge in [-0.1, -0.05) is 0 Å². The number of methoxy groups -OCH3 is 1. The van der Waals surface area contributed by atoms with Crippen molar-refractivity contribution in [2.24, 2.45) is 5.92 Å². The molecule has 0 unspecified atom stereocenters. The molecule has 0 bridgehead atoms. The Morgan fingerprint density at radius 3 is 2.76 bits per heavy atom. The van der Waals surface area contributed by atoms with Gasteiger partial charge < -0.3 is 10.1 Å². The van der Waals surface area contributed by atoms with Gasteiger partial charge in [0.1, 0.15) is 0 Å². The monoisotopic (exact) mass is 234 g/mol. The van der Waals surface area contributed by atoms with Crippen molar-refractivity contribution in [3.63, 3.8) is 0 Å². The van der Waals surface area contributed by atoms with E-state index in [4.69, 9.17) is 4.74 Å². The van der Waals surface area contributed by atoms with Crippen LogP contribution in [0, 0.1) is 5.92 Å². The van der Waals surface area contributed by atoms with E-state index in [2.05, 4.69) is 10.3 Å². The lowest BCUT2D eigenvalue weighted by Gasteiger charge is -2.28. The van der Waals surface area contributed by atoms with Gasteiger partial charge in [-0.3, -0.25) is 9.78 Å². The van der Waals surface area contributed by atoms with Crippen LogP contribution in [0.3, 0.4) is 0 Å². The maximum atomic E-state index is 11.4. The Hall–Kier alpha value is -1.58. The topological polar surface area (TPSA) is 51.2 Å². The highest BCUT2D eigenvalue weighted by Crippen LogP contribution is 2.27. The van der Waals surface area contributed by atoms with Crippen LogP contribution in [-0.4, -0.2) is 24.1 Å². The summed E-state index contributed by atoms with van der Waals surface area (Å²) in [6, 6.07) is 4.38. The third-order valence-electron chi connectivity index (χ3n) is 3.29. The Balaban J connectivity index is 1.82. The molecule has 1 N–H and O–H groups in total. The normalized spacial score (nSPS) is 24.1. The quantitative estimate of drug-likeness (QED) is 0.815. The number of hydrogen-bond acceptors (Lipinski definition) is 4. The molecule has 17 heavy (non-hydrogen) atoms. The van der Waals surface area contributed by atoms with Crippen molar-refractivity contribution in [2.75, 3.05) is 12.4 Å². The summed E-state index contributed by atoms with van der Waals surface area (Å²) in [5.41, 5.74) is 1.05. The van der Waals surface area contributed by atoms with E-state index in [1.807, 2.05) is 18.3 Å². The maximum absolute atomic E-state index is 11.4. The molecule has 4 nitrogen and oxygen atoms in total. The molecule has 0 radical (unpaired) electrons. The van der Waals surface area contributed by atoms with Gasteiger partial charge in [0.2, 0.25) is 0 Å². The zero-order valence-electron chi connectivity index (χ0n) is 10.1. The molecule has 0 spiro atoms. The second-order valence-electron chi connectivity index (χ2n) is 4.46. The molecule has 2 rings (SSSR count). The summed E-state index contributed by atoms with van der Waals surface area (Å²) < 4.78 is 4.77. The molecular weight excluding hydrogens is 216 g/mol. The zero-order valence-corrected chi connectivity index (χ0v) is 10.1. The van der Waals surface area contributed by atoms with E-state index >= 15 is 0 Å². The van der Waals surface area contributed by atoms with Crippen molar-refractivity contribution in [3.8, 4) is 0 Å². The van der Waals surface area contributed by atoms with Gasteiger partial charge in [-0.25, -0.2) is 0 Å². The van der Waals surface area contributed by atoms with Gasteiger partial charge in [-0.05, 0) is 37.8 Å². The third-order valence-corrected chi connectivity index (χ3v) is 3.29. The Morgan fingerprint density at radius 2 is 2.18 bits per heavy atom. The second-order valence-corrected chi connectivity index (χ2v) is 4.46. The summed E-state index contributed by atoms with van der Waals surface area (Å²) in [5.74, 6) is 0.0248. The zero-order chi connectivity index (χ0) is 12.1. The van der Waals surface area contributed by atoms with Gasteiger partial charge in [0.25, 0.3) is 0 Å². The molecule has 1 aromatic heterocycles. The van der Waals surface area contributed by atoms with Gasteiger partial charge >= 0.3 is 5.97 Å². The first-order valence-corrected chi connectivity index (χ1v) is 6.04. The number of esters is 1. The fourth-order valence-corrected chi connectivity index (χ4v) is 2.32. The van der Waals surface area contributed by atoms with Crippen LogP contribution in [0.4, 0.5) is 5.69 Å². The number of nitrogens with zero attached hydrogens (tertiary/aromatic N) is 1. The van der Waals surface area contributed by atoms with Crippen molar-refractivity contribution < 1.29 is 9.53 Å². The molecule has 0 aromatic carbocycles. The maximum Gasteiger partial charge on any atom is 0.308 e. The minimum Gasteiger partial charge on any atom is -0.469 e. The number of ether oxygens (including phenoxy) is 1. The summed E-state index contributed by atoms with van der Waals surface area (Å²) in [6.07, 6.45) is 7.42. The molecule has 0 atom stereocenters. The molecule has 0 amide bonds. The van der Waals surface area contributed by atoms with Crippen LogP contribution in [-0.2, 0) is 9.53 Å². The fourth-order valence-electron chi connectivity index (χ4n) is 2.32. The van der Waals surface area contributed by atoms with Crippen molar-refractivity contribution in [1.29, 1.82) is 0 Å². The molecule has 1 saturated carbocycles. The Labute approximate surface area is 101 Å². The van der Waals surface area contributed by atoms with Crippen LogP contribution in [0.25, 0.3) is 0 Å². The average molecular weight is 234 g/mol. The van der Waals surface area contributed by atoms with Crippen LogP contribution in [0.1, 0.15) is 25.7 Å². The molecule has 1 aliphatic rings. The number of carbonyl (C=O) groups excluding carboxylic acids is 1. The lowest BCUT2D eigenvalue weighted by molar-refractivity contribution is -0.146. The summed E-state index contributed by atoms with van der Waals surface area (Å²) >= 11 is 0. The van der Waals surface area contributed by atoms with Crippen LogP contribution >= 0.6 is 0 Å². The third kappa shape index (κ3) is 3.19. The van der Waals surface area contributed by atoms with E-state index in [0.29, 0.717) is 6.04 Å². The summed E-state index contributed by atoms with van der Waals surface area (Å²) in [4.78, 5) is 15.4. The standard InChI is InChI=1S/C13H18N2O2/c1-17-13(16)10-4-6-11(7-5-10)15-12-3-2-8-14-9-12/h2-3,8-11,15H,4-7H2,1H3. The van der Waals surface area contributed by atoms with Crippen LogP contribution in [0.15, 0.2) is 24.5 Å². The average Bonchev–Trinajstić information content (AvgIpc) is 2.40. The molecule has 0 saturated heterocycles. The number of rotatable bonds is 3. The highest BCUT2D eigenvalue weighted by atomic mass is 16.5. The molecule has 92 valence electrons. The first-order valence-electron chi connectivity index (χ1n) is 6.04. The van der Waals surface area contributed by atoms with Gasteiger partial charge in [0, 0.05) is 18.4 Å². The lowest BCUT2D eigenvalue weighted by Crippen LogP contribution is -2.29. The molecule has 1 heterocycles. The van der Waals surface area contributed by atoms with E-state index in [1.54, 1.807) is 6.20 Å². The number of carbonyl (C=O) groups is 1. The highest BCUT2D eigenvalue weighted by molar-refractivity contribution is 5.72. The Bertz CT molecular complexity index is 359. The molecule has 1 aliphatic carbocycles. The Kier molecular flexibility index (Phi) is 3.96. The molecule has 0 aliphatic heterocycles. The minimum absolute atomic E-state index is 0.0650. The SMILES string of the molecule is COC(=O)C1CCC(Nc2cccnc2)CC1. The first kappa shape index (κ1) is 11.9. The van der Waals surface area contributed by atoms with Crippen LogP contribution in [0.2, 0.25) is 0 Å². The first-order chi connectivity index (χ1) is 8.29. The number of nitrogens with one attached hydrogen (secondary N) is 1. The molecular formula is C13H18N2O2. The van der Waals surface area contributed by atoms with Crippen molar-refractivity contribution >= 4 is 11.7 Å². The van der Waals surface area contributed by atoms with Crippen molar-refractivity contribution in [1.82, 2.24) is 4.98 Å². The summed E-state index contributed by atoms with van der Waals surface area (Å²) in [7, 11) is 1.46. The molecule has 4 heteroatoms. The van der Waals surface area contributed by atoms with E-state index < -0.39 is 0 Å².